The van der Waals surface area contributed by atoms with Crippen molar-refractivity contribution in [3.63, 3.8) is 0 Å². The quantitative estimate of drug-likeness (QED) is 0.297. The molecular formula is C6H14FNO8P2-2. The van der Waals surface area contributed by atoms with Gasteiger partial charge in [0.15, 0.2) is 0 Å². The molecule has 18 heavy (non-hydrogen) atoms. The van der Waals surface area contributed by atoms with E-state index in [2.05, 4.69) is 13.6 Å². The minimum atomic E-state index is -4.90. The van der Waals surface area contributed by atoms with Gasteiger partial charge in [0.2, 0.25) is 0 Å². The molecule has 0 spiro atoms. The van der Waals surface area contributed by atoms with E-state index in [1.807, 2.05) is 0 Å². The predicted molar refractivity (Wildman–Crippen MR) is 53.6 cm³/mol. The second-order valence-corrected chi connectivity index (χ2v) is 5.93. The molecule has 0 aromatic carbocycles. The molecular weight excluding hydrogens is 295 g/mol. The highest BCUT2D eigenvalue weighted by atomic mass is 31.2. The molecule has 0 aliphatic rings. The summed E-state index contributed by atoms with van der Waals surface area (Å²) in [4.78, 5) is 29.4. The molecule has 3 unspecified atom stereocenters. The van der Waals surface area contributed by atoms with Crippen LogP contribution in [0.2, 0.25) is 0 Å². The van der Waals surface area contributed by atoms with Crippen molar-refractivity contribution >= 4 is 15.6 Å². The molecule has 0 radical (unpaired) electrons. The van der Waals surface area contributed by atoms with Crippen LogP contribution in [-0.2, 0) is 22.7 Å². The first kappa shape index (κ1) is 18.1. The summed E-state index contributed by atoms with van der Waals surface area (Å²) in [5, 5.41) is 0. The first-order valence-electron chi connectivity index (χ1n) is 4.78. The Morgan fingerprint density at radius 2 is 1.83 bits per heavy atom. The standard InChI is InChI=1S/C6H16FNO8P2/c1-6(4-8-7)5-16-18(12,13)15-3-2-14-17(9,10)11/h6,8H,2-5H2,1H3,(H,12,13)(H2,9,10,11)/p-2. The van der Waals surface area contributed by atoms with E-state index in [4.69, 9.17) is 4.89 Å². The van der Waals surface area contributed by atoms with Crippen molar-refractivity contribution in [1.29, 1.82) is 0 Å². The summed E-state index contributed by atoms with van der Waals surface area (Å²) in [6.45, 7) is -0.154. The van der Waals surface area contributed by atoms with Gasteiger partial charge in [0.05, 0.1) is 19.8 Å². The summed E-state index contributed by atoms with van der Waals surface area (Å²) in [7, 11) is -9.51. The van der Waals surface area contributed by atoms with Crippen LogP contribution in [0.4, 0.5) is 4.48 Å². The first-order valence-corrected chi connectivity index (χ1v) is 7.74. The Morgan fingerprint density at radius 3 is 2.33 bits per heavy atom. The smallest absolute Gasteiger partial charge is 0.267 e. The molecule has 3 atom stereocenters. The van der Waals surface area contributed by atoms with Gasteiger partial charge >= 0.3 is 0 Å². The molecule has 0 heterocycles. The predicted octanol–water partition coefficient (Wildman–Crippen LogP) is -0.925. The van der Waals surface area contributed by atoms with E-state index in [9.17, 15) is 23.4 Å². The van der Waals surface area contributed by atoms with Crippen LogP contribution in [0.5, 0.6) is 0 Å². The van der Waals surface area contributed by atoms with Crippen LogP contribution in [-0.4, -0.2) is 31.3 Å². The number of hydrogen-bond acceptors (Lipinski definition) is 8. The lowest BCUT2D eigenvalue weighted by atomic mass is 10.2. The summed E-state index contributed by atoms with van der Waals surface area (Å²) in [6, 6.07) is 0. The van der Waals surface area contributed by atoms with Crippen molar-refractivity contribution in [3.8, 4) is 0 Å². The summed E-state index contributed by atoms with van der Waals surface area (Å²) >= 11 is 0. The molecule has 2 N–H and O–H groups in total. The van der Waals surface area contributed by atoms with E-state index >= 15 is 0 Å². The van der Waals surface area contributed by atoms with Crippen molar-refractivity contribution in [2.24, 2.45) is 5.92 Å². The minimum absolute atomic E-state index is 0.0903. The molecule has 0 fully saturated rings. The number of phosphoric acid groups is 2. The zero-order chi connectivity index (χ0) is 14.2. The van der Waals surface area contributed by atoms with E-state index in [1.165, 1.54) is 12.5 Å². The Morgan fingerprint density at radius 1 is 1.28 bits per heavy atom. The lowest BCUT2D eigenvalue weighted by Gasteiger charge is -2.24. The second kappa shape index (κ2) is 8.31. The van der Waals surface area contributed by atoms with Crippen molar-refractivity contribution in [3.05, 3.63) is 0 Å². The largest absolute Gasteiger partial charge is 0.756 e. The minimum Gasteiger partial charge on any atom is -0.756 e. The molecule has 9 nitrogen and oxygen atoms in total. The molecule has 110 valence electrons. The van der Waals surface area contributed by atoms with Crippen molar-refractivity contribution in [2.75, 3.05) is 26.4 Å². The van der Waals surface area contributed by atoms with Gasteiger partial charge in [-0.05, 0) is 5.92 Å². The average Bonchev–Trinajstić information content (AvgIpc) is 2.21. The maximum absolute atomic E-state index is 11.6. The lowest BCUT2D eigenvalue weighted by Crippen LogP contribution is -2.20. The van der Waals surface area contributed by atoms with Crippen LogP contribution in [0.15, 0.2) is 0 Å². The molecule has 0 saturated carbocycles. The summed E-state index contributed by atoms with van der Waals surface area (Å²) < 4.78 is 45.3. The highest BCUT2D eigenvalue weighted by Gasteiger charge is 2.12. The van der Waals surface area contributed by atoms with Gasteiger partial charge in [-0.2, -0.15) is 5.54 Å². The van der Waals surface area contributed by atoms with Crippen LogP contribution in [0, 0.1) is 5.92 Å². The van der Waals surface area contributed by atoms with Gasteiger partial charge in [-0.25, -0.2) is 0 Å². The van der Waals surface area contributed by atoms with Crippen LogP contribution >= 0.6 is 15.6 Å². The Balaban J connectivity index is 3.80. The molecule has 0 bridgehead atoms. The fourth-order valence-electron chi connectivity index (χ4n) is 0.748. The summed E-state index contributed by atoms with van der Waals surface area (Å²) in [6.07, 6.45) is 0. The summed E-state index contributed by atoms with van der Waals surface area (Å²) in [5.74, 6) is -0.406. The van der Waals surface area contributed by atoms with Crippen molar-refractivity contribution in [1.82, 2.24) is 5.54 Å². The fraction of sp³-hybridized carbons (Fsp3) is 1.00. The molecule has 0 aliphatic carbocycles. The Kier molecular flexibility index (Phi) is 8.37. The Hall–Kier alpha value is 0.110. The third-order valence-electron chi connectivity index (χ3n) is 1.53. The lowest BCUT2D eigenvalue weighted by molar-refractivity contribution is -0.231. The van der Waals surface area contributed by atoms with E-state index in [1.54, 1.807) is 0 Å². The van der Waals surface area contributed by atoms with E-state index in [0.717, 1.165) is 0 Å². The Labute approximate surface area is 103 Å². The third kappa shape index (κ3) is 11.2. The van der Waals surface area contributed by atoms with Gasteiger partial charge < -0.3 is 28.3 Å². The van der Waals surface area contributed by atoms with Crippen molar-refractivity contribution < 1.29 is 41.9 Å². The van der Waals surface area contributed by atoms with Gasteiger partial charge in [0.1, 0.15) is 0 Å². The molecule has 0 saturated heterocycles. The SMILES string of the molecule is CC(CNF)COP(=O)([O-])OCCOP(=O)([O-])O. The average molecular weight is 309 g/mol. The number of nitrogens with one attached hydrogen (secondary N) is 1. The third-order valence-corrected chi connectivity index (χ3v) is 3.00. The summed E-state index contributed by atoms with van der Waals surface area (Å²) in [5.41, 5.74) is 1.35. The van der Waals surface area contributed by atoms with Crippen molar-refractivity contribution in [2.45, 2.75) is 6.92 Å². The molecule has 0 aromatic heterocycles. The first-order chi connectivity index (χ1) is 8.16. The molecule has 0 aliphatic heterocycles. The van der Waals surface area contributed by atoms with Crippen LogP contribution < -0.4 is 15.3 Å². The van der Waals surface area contributed by atoms with E-state index in [0.29, 0.717) is 0 Å². The number of halogens is 1. The fourth-order valence-corrected chi connectivity index (χ4v) is 1.86. The van der Waals surface area contributed by atoms with Gasteiger partial charge in [-0.1, -0.05) is 6.92 Å². The zero-order valence-corrected chi connectivity index (χ0v) is 11.3. The van der Waals surface area contributed by atoms with Gasteiger partial charge in [0, 0.05) is 6.54 Å². The Bertz CT molecular complexity index is 323. The second-order valence-electron chi connectivity index (χ2n) is 3.32. The van der Waals surface area contributed by atoms with E-state index in [-0.39, 0.29) is 13.2 Å². The number of rotatable bonds is 10. The molecule has 0 aromatic rings. The molecule has 12 heteroatoms. The van der Waals surface area contributed by atoms with Gasteiger partial charge in [-0.15, -0.1) is 4.48 Å². The molecule has 0 rings (SSSR count). The highest BCUT2D eigenvalue weighted by Crippen LogP contribution is 2.39. The normalized spacial score (nSPS) is 20.1. The maximum Gasteiger partial charge on any atom is 0.267 e. The number of hydrogen-bond donors (Lipinski definition) is 2. The maximum atomic E-state index is 11.6. The van der Waals surface area contributed by atoms with Crippen LogP contribution in [0.3, 0.4) is 0 Å². The number of phosphoric ester groups is 2. The zero-order valence-electron chi connectivity index (χ0n) is 9.48. The highest BCUT2D eigenvalue weighted by molar-refractivity contribution is 7.46. The molecule has 0 amide bonds. The monoisotopic (exact) mass is 309 g/mol. The van der Waals surface area contributed by atoms with E-state index < -0.39 is 34.8 Å². The van der Waals surface area contributed by atoms with Crippen LogP contribution in [0.1, 0.15) is 6.92 Å². The van der Waals surface area contributed by atoms with Gasteiger partial charge in [-0.3, -0.25) is 9.13 Å². The topological polar surface area (TPSA) is 140 Å². The van der Waals surface area contributed by atoms with Crippen LogP contribution in [0.25, 0.3) is 0 Å². The van der Waals surface area contributed by atoms with Gasteiger partial charge in [0.25, 0.3) is 15.6 Å².